The third kappa shape index (κ3) is 6.26. The molecule has 0 saturated carbocycles. The van der Waals surface area contributed by atoms with E-state index >= 15 is 0 Å². The monoisotopic (exact) mass is 548 g/mol. The van der Waals surface area contributed by atoms with Crippen molar-refractivity contribution in [2.24, 2.45) is 0 Å². The number of rotatable bonds is 8. The average Bonchev–Trinajstić information content (AvgIpc) is 2.89. The van der Waals surface area contributed by atoms with E-state index in [4.69, 9.17) is 16.6 Å². The number of hydrogen-bond donors (Lipinski definition) is 2. The fraction of sp³-hybridized carbons (Fsp3) is 0.241. The third-order valence-electron chi connectivity index (χ3n) is 6.26. The Bertz CT molecular complexity index is 1530. The van der Waals surface area contributed by atoms with Gasteiger partial charge in [-0.2, -0.15) is 0 Å². The molecule has 9 heteroatoms. The Morgan fingerprint density at radius 2 is 1.61 bits per heavy atom. The molecular weight excluding hydrogens is 520 g/mol. The molecule has 3 aromatic carbocycles. The van der Waals surface area contributed by atoms with Crippen LogP contribution in [0.3, 0.4) is 0 Å². The third-order valence-corrected chi connectivity index (χ3v) is 7.54. The van der Waals surface area contributed by atoms with E-state index in [2.05, 4.69) is 24.5 Å². The van der Waals surface area contributed by atoms with Gasteiger partial charge >= 0.3 is 0 Å². The van der Waals surface area contributed by atoms with Gasteiger partial charge in [0.25, 0.3) is 5.56 Å². The lowest BCUT2D eigenvalue weighted by molar-refractivity contribution is -0.115. The standard InChI is InChI=1S/C29H29ClN4O3S/c1-5-17(2)20-6-13-24(14-7-20)34-28(37)25-15-8-21(30)16-26(25)33-29(34)38-18(3)27(36)32-23-11-9-22(10-12-23)31-19(4)35/h6-18H,5H2,1-4H3,(H,31,35)(H,32,36)/t17-,18+/m1/s1. The highest BCUT2D eigenvalue weighted by atomic mass is 35.5. The van der Waals surface area contributed by atoms with Crippen molar-refractivity contribution in [2.45, 2.75) is 50.4 Å². The number of aromatic nitrogens is 2. The van der Waals surface area contributed by atoms with Gasteiger partial charge in [-0.3, -0.25) is 19.0 Å². The molecule has 4 aromatic rings. The van der Waals surface area contributed by atoms with E-state index in [0.29, 0.717) is 44.1 Å². The van der Waals surface area contributed by atoms with Crippen LogP contribution in [0, 0.1) is 0 Å². The number of benzene rings is 3. The molecule has 7 nitrogen and oxygen atoms in total. The van der Waals surface area contributed by atoms with Crippen LogP contribution in [0.4, 0.5) is 11.4 Å². The van der Waals surface area contributed by atoms with Crippen LogP contribution in [0.25, 0.3) is 16.6 Å². The number of nitrogens with zero attached hydrogens (tertiary/aromatic N) is 2. The number of carbonyl (C=O) groups is 2. The molecule has 1 heterocycles. The molecule has 0 spiro atoms. The van der Waals surface area contributed by atoms with Crippen LogP contribution in [-0.4, -0.2) is 26.6 Å². The molecule has 2 amide bonds. The van der Waals surface area contributed by atoms with Gasteiger partial charge in [-0.15, -0.1) is 0 Å². The van der Waals surface area contributed by atoms with Crippen molar-refractivity contribution in [3.05, 3.63) is 87.7 Å². The quantitative estimate of drug-likeness (QED) is 0.190. The van der Waals surface area contributed by atoms with Crippen LogP contribution in [-0.2, 0) is 9.59 Å². The van der Waals surface area contributed by atoms with Gasteiger partial charge in [-0.1, -0.05) is 49.3 Å². The number of anilines is 2. The van der Waals surface area contributed by atoms with Crippen LogP contribution in [0.2, 0.25) is 5.02 Å². The first-order valence-electron chi connectivity index (χ1n) is 12.3. The summed E-state index contributed by atoms with van der Waals surface area (Å²) in [5.41, 5.74) is 3.34. The highest BCUT2D eigenvalue weighted by Crippen LogP contribution is 2.28. The normalized spacial score (nSPS) is 12.7. The Kier molecular flexibility index (Phi) is 8.54. The molecule has 0 bridgehead atoms. The van der Waals surface area contributed by atoms with Crippen LogP contribution < -0.4 is 16.2 Å². The first-order chi connectivity index (χ1) is 18.2. The van der Waals surface area contributed by atoms with Gasteiger partial charge in [-0.25, -0.2) is 4.98 Å². The first-order valence-corrected chi connectivity index (χ1v) is 13.6. The van der Waals surface area contributed by atoms with Crippen LogP contribution in [0.1, 0.15) is 45.6 Å². The SMILES string of the molecule is CC[C@@H](C)c1ccc(-n2c(S[C@@H](C)C(=O)Nc3ccc(NC(C)=O)cc3)nc3cc(Cl)ccc3c2=O)cc1. The second kappa shape index (κ2) is 11.8. The lowest BCUT2D eigenvalue weighted by Gasteiger charge is -2.17. The maximum atomic E-state index is 13.6. The number of carbonyl (C=O) groups excluding carboxylic acids is 2. The molecule has 0 aliphatic rings. The van der Waals surface area contributed by atoms with Crippen LogP contribution in [0.5, 0.6) is 0 Å². The lowest BCUT2D eigenvalue weighted by atomic mass is 9.98. The highest BCUT2D eigenvalue weighted by molar-refractivity contribution is 8.00. The summed E-state index contributed by atoms with van der Waals surface area (Å²) < 4.78 is 1.55. The summed E-state index contributed by atoms with van der Waals surface area (Å²) in [4.78, 5) is 42.6. The predicted molar refractivity (Wildman–Crippen MR) is 156 cm³/mol. The zero-order valence-corrected chi connectivity index (χ0v) is 23.2. The first kappa shape index (κ1) is 27.4. The van der Waals surface area contributed by atoms with Crippen molar-refractivity contribution in [3.63, 3.8) is 0 Å². The minimum Gasteiger partial charge on any atom is -0.326 e. The zero-order chi connectivity index (χ0) is 27.4. The number of fused-ring (bicyclic) bond motifs is 1. The Morgan fingerprint density at radius 3 is 2.21 bits per heavy atom. The van der Waals surface area contributed by atoms with Crippen LogP contribution in [0.15, 0.2) is 76.7 Å². The fourth-order valence-corrected chi connectivity index (χ4v) is 5.02. The Labute approximate surface area is 230 Å². The van der Waals surface area contributed by atoms with Crippen molar-refractivity contribution < 1.29 is 9.59 Å². The average molecular weight is 549 g/mol. The van der Waals surface area contributed by atoms with E-state index in [1.54, 1.807) is 54.0 Å². The van der Waals surface area contributed by atoms with Crippen LogP contribution >= 0.6 is 23.4 Å². The summed E-state index contributed by atoms with van der Waals surface area (Å²) in [6, 6.07) is 19.7. The molecule has 0 saturated heterocycles. The van der Waals surface area contributed by atoms with Gasteiger partial charge in [0.1, 0.15) is 0 Å². The number of hydrogen-bond acceptors (Lipinski definition) is 5. The topological polar surface area (TPSA) is 93.1 Å². The number of thioether (sulfide) groups is 1. The second-order valence-electron chi connectivity index (χ2n) is 9.11. The van der Waals surface area contributed by atoms with E-state index in [0.717, 1.165) is 6.42 Å². The Hall–Kier alpha value is -3.62. The number of halogens is 1. The van der Waals surface area contributed by atoms with E-state index in [-0.39, 0.29) is 17.4 Å². The second-order valence-corrected chi connectivity index (χ2v) is 10.8. The molecular formula is C29H29ClN4O3S. The minimum absolute atomic E-state index is 0.170. The molecule has 2 atom stereocenters. The summed E-state index contributed by atoms with van der Waals surface area (Å²) in [5, 5.41) is 6.32. The number of nitrogens with one attached hydrogen (secondary N) is 2. The summed E-state index contributed by atoms with van der Waals surface area (Å²) in [7, 11) is 0. The van der Waals surface area contributed by atoms with Gasteiger partial charge in [0.2, 0.25) is 11.8 Å². The predicted octanol–water partition coefficient (Wildman–Crippen LogP) is 6.63. The molecule has 0 unspecified atom stereocenters. The molecule has 196 valence electrons. The Balaban J connectivity index is 1.65. The maximum Gasteiger partial charge on any atom is 0.266 e. The van der Waals surface area contributed by atoms with Crippen molar-refractivity contribution in [3.8, 4) is 5.69 Å². The molecule has 0 radical (unpaired) electrons. The van der Waals surface area contributed by atoms with E-state index < -0.39 is 5.25 Å². The fourth-order valence-electron chi connectivity index (χ4n) is 3.93. The van der Waals surface area contributed by atoms with E-state index in [9.17, 15) is 14.4 Å². The minimum atomic E-state index is -0.570. The highest BCUT2D eigenvalue weighted by Gasteiger charge is 2.21. The Morgan fingerprint density at radius 1 is 0.974 bits per heavy atom. The van der Waals surface area contributed by atoms with Crippen molar-refractivity contribution in [1.29, 1.82) is 0 Å². The molecule has 0 aliphatic carbocycles. The summed E-state index contributed by atoms with van der Waals surface area (Å²) >= 11 is 7.38. The largest absolute Gasteiger partial charge is 0.326 e. The van der Waals surface area contributed by atoms with Gasteiger partial charge in [0, 0.05) is 23.3 Å². The lowest BCUT2D eigenvalue weighted by Crippen LogP contribution is -2.26. The summed E-state index contributed by atoms with van der Waals surface area (Å²) in [5.74, 6) is -0.0135. The van der Waals surface area contributed by atoms with Crippen molar-refractivity contribution in [1.82, 2.24) is 9.55 Å². The van der Waals surface area contributed by atoms with E-state index in [1.165, 1.54) is 24.2 Å². The maximum absolute atomic E-state index is 13.6. The van der Waals surface area contributed by atoms with Gasteiger partial charge in [0.05, 0.1) is 21.8 Å². The molecule has 2 N–H and O–H groups in total. The molecule has 38 heavy (non-hydrogen) atoms. The van der Waals surface area contributed by atoms with Gasteiger partial charge in [-0.05, 0) is 79.4 Å². The molecule has 1 aromatic heterocycles. The van der Waals surface area contributed by atoms with Gasteiger partial charge < -0.3 is 10.6 Å². The zero-order valence-electron chi connectivity index (χ0n) is 21.6. The molecule has 0 fully saturated rings. The van der Waals surface area contributed by atoms with Crippen molar-refractivity contribution in [2.75, 3.05) is 10.6 Å². The van der Waals surface area contributed by atoms with Gasteiger partial charge in [0.15, 0.2) is 5.16 Å². The smallest absolute Gasteiger partial charge is 0.266 e. The summed E-state index contributed by atoms with van der Waals surface area (Å²) in [6.45, 7) is 7.50. The van der Waals surface area contributed by atoms with E-state index in [1.807, 2.05) is 24.3 Å². The number of amides is 2. The summed E-state index contributed by atoms with van der Waals surface area (Å²) in [6.07, 6.45) is 1.02. The molecule has 0 aliphatic heterocycles. The van der Waals surface area contributed by atoms with Crippen molar-refractivity contribution >= 4 is 57.5 Å². The molecule has 4 rings (SSSR count).